The molecule has 1 rings (SSSR count). The van der Waals surface area contributed by atoms with Gasteiger partial charge in [-0.2, -0.15) is 0 Å². The van der Waals surface area contributed by atoms with E-state index in [0.29, 0.717) is 0 Å². The predicted octanol–water partition coefficient (Wildman–Crippen LogP) is -1.17. The molecule has 0 bridgehead atoms. The molecule has 0 heterocycles. The van der Waals surface area contributed by atoms with Gasteiger partial charge in [-0.25, -0.2) is 8.42 Å². The molecule has 0 unspecified atom stereocenters. The maximum Gasteiger partial charge on any atom is 1.00 e. The third kappa shape index (κ3) is 4.96. The van der Waals surface area contributed by atoms with Crippen LogP contribution in [0.5, 0.6) is 0 Å². The van der Waals surface area contributed by atoms with Crippen LogP contribution in [0.3, 0.4) is 0 Å². The Morgan fingerprint density at radius 2 is 1.64 bits per heavy atom. The molecule has 0 atom stereocenters. The minimum absolute atomic E-state index is 0. The van der Waals surface area contributed by atoms with E-state index in [1.165, 1.54) is 12.1 Å². The molecule has 0 spiro atoms. The zero-order valence-electron chi connectivity index (χ0n) is 8.36. The van der Waals surface area contributed by atoms with E-state index in [-0.39, 0.29) is 64.0 Å². The first-order valence-electron chi connectivity index (χ1n) is 3.21. The Labute approximate surface area is 133 Å². The number of hydrogen-bond acceptors (Lipinski definition) is 2. The number of hydrogen-bond donors (Lipinski definition) is 0. The Bertz CT molecular complexity index is 366. The third-order valence-electron chi connectivity index (χ3n) is 1.41. The van der Waals surface area contributed by atoms with Gasteiger partial charge in [0, 0.05) is 34.5 Å². The van der Waals surface area contributed by atoms with E-state index in [4.69, 9.17) is 11.8 Å². The molecule has 1 aromatic carbocycles. The fourth-order valence-electron chi connectivity index (χ4n) is 0.750. The first kappa shape index (κ1) is 17.8. The molecule has 0 aliphatic carbocycles. The largest absolute Gasteiger partial charge is 1.00 e. The van der Waals surface area contributed by atoms with Crippen LogP contribution in [0.15, 0.2) is 29.2 Å². The first-order valence-corrected chi connectivity index (χ1v) is 4.99. The molecule has 0 N–H and O–H groups in total. The van der Waals surface area contributed by atoms with Crippen LogP contribution < -0.4 is 29.6 Å². The second-order valence-corrected chi connectivity index (χ2v) is 4.33. The molecule has 3 nitrogen and oxygen atoms in total. The second-order valence-electron chi connectivity index (χ2n) is 2.36. The molecule has 0 aliphatic rings. The smallest absolute Gasteiger partial charge is 0.458 e. The summed E-state index contributed by atoms with van der Waals surface area (Å²) in [6.07, 6.45) is 0. The van der Waals surface area contributed by atoms with Crippen LogP contribution >= 0.6 is 11.8 Å². The normalized spacial score (nSPS) is 9.86. The molecular weight excluding hydrogens is 244 g/mol. The fourth-order valence-corrected chi connectivity index (χ4v) is 1.55. The van der Waals surface area contributed by atoms with E-state index in [9.17, 15) is 8.42 Å². The summed E-state index contributed by atoms with van der Waals surface area (Å²) in [5.74, 6) is 0. The standard InChI is InChI=1S/C7H7ClNO2S.2Na/c1-6-2-4-7(5-3-6)12(10,11)9-8;;/h2-5H,1H3;;/q-1;;+1. The van der Waals surface area contributed by atoms with Crippen molar-refractivity contribution < 1.29 is 38.0 Å². The Morgan fingerprint density at radius 3 is 2.00 bits per heavy atom. The Kier molecular flexibility index (Phi) is 9.73. The van der Waals surface area contributed by atoms with Gasteiger partial charge in [0.05, 0.1) is 0 Å². The zero-order valence-corrected chi connectivity index (χ0v) is 13.9. The van der Waals surface area contributed by atoms with E-state index in [1.807, 2.05) is 6.92 Å². The topological polar surface area (TPSA) is 48.2 Å². The van der Waals surface area contributed by atoms with Crippen molar-refractivity contribution in [2.75, 3.05) is 0 Å². The summed E-state index contributed by atoms with van der Waals surface area (Å²) in [5, 5.41) is 0. The van der Waals surface area contributed by atoms with Gasteiger partial charge in [-0.3, -0.25) is 11.8 Å². The van der Waals surface area contributed by atoms with Gasteiger partial charge in [0.25, 0.3) is 0 Å². The van der Waals surface area contributed by atoms with E-state index in [0.717, 1.165) is 5.56 Å². The van der Waals surface area contributed by atoms with E-state index >= 15 is 0 Å². The Hall–Kier alpha value is 1.42. The number of halogens is 1. The number of benzene rings is 1. The van der Waals surface area contributed by atoms with Crippen LogP contribution in [-0.4, -0.2) is 38.0 Å². The Morgan fingerprint density at radius 1 is 1.21 bits per heavy atom. The molecule has 0 saturated heterocycles. The van der Waals surface area contributed by atoms with E-state index < -0.39 is 10.0 Å². The summed E-state index contributed by atoms with van der Waals surface area (Å²) >= 11 is 4.90. The maximum absolute atomic E-state index is 11.0. The van der Waals surface area contributed by atoms with Crippen molar-refractivity contribution in [3.63, 3.8) is 0 Å². The van der Waals surface area contributed by atoms with Crippen molar-refractivity contribution in [3.8, 4) is 0 Å². The van der Waals surface area contributed by atoms with Gasteiger partial charge in [-0.1, -0.05) is 17.7 Å². The minimum atomic E-state index is -3.62. The molecule has 7 heteroatoms. The van der Waals surface area contributed by atoms with Gasteiger partial charge in [0.2, 0.25) is 0 Å². The van der Waals surface area contributed by atoms with Crippen LogP contribution in [0.2, 0.25) is 0 Å². The quantitative estimate of drug-likeness (QED) is 0.622. The summed E-state index contributed by atoms with van der Waals surface area (Å²) in [7, 11) is -3.62. The van der Waals surface area contributed by atoms with Crippen molar-refractivity contribution in [1.29, 1.82) is 0 Å². The monoisotopic (exact) mass is 250 g/mol. The second kappa shape index (κ2) is 7.65. The molecule has 67 valence electrons. The number of aryl methyl sites for hydroxylation is 1. The van der Waals surface area contributed by atoms with E-state index in [2.05, 4.69) is 4.24 Å². The SMILES string of the molecule is Cc1ccc(S(=O)(=O)[N-]Cl)cc1.[Na+].[Na]. The maximum atomic E-state index is 11.0. The average molecular weight is 251 g/mol. The summed E-state index contributed by atoms with van der Waals surface area (Å²) in [6, 6.07) is 6.32. The molecule has 1 aromatic rings. The number of sulfonamides is 1. The molecule has 1 radical (unpaired) electrons. The molecule has 0 fully saturated rings. The molecule has 0 saturated carbocycles. The Balaban J connectivity index is 0. The molecule has 0 amide bonds. The van der Waals surface area contributed by atoms with Gasteiger partial charge < -0.3 is 4.24 Å². The van der Waals surface area contributed by atoms with Crippen molar-refractivity contribution >= 4 is 51.4 Å². The summed E-state index contributed by atoms with van der Waals surface area (Å²) in [5.41, 5.74) is 0.989. The van der Waals surface area contributed by atoms with Crippen LogP contribution in [-0.2, 0) is 10.0 Å². The van der Waals surface area contributed by atoms with Crippen LogP contribution in [0.4, 0.5) is 0 Å². The van der Waals surface area contributed by atoms with Crippen LogP contribution in [0, 0.1) is 6.92 Å². The van der Waals surface area contributed by atoms with Crippen molar-refractivity contribution in [2.24, 2.45) is 0 Å². The van der Waals surface area contributed by atoms with Gasteiger partial charge in [-0.05, 0) is 19.1 Å². The summed E-state index contributed by atoms with van der Waals surface area (Å²) in [4.78, 5) is 0.114. The number of nitrogens with zero attached hydrogens (tertiary/aromatic N) is 1. The van der Waals surface area contributed by atoms with Crippen molar-refractivity contribution in [2.45, 2.75) is 11.8 Å². The summed E-state index contributed by atoms with van der Waals surface area (Å²) in [6.45, 7) is 1.87. The molecule has 0 aromatic heterocycles. The van der Waals surface area contributed by atoms with Crippen molar-refractivity contribution in [3.05, 3.63) is 34.1 Å². The van der Waals surface area contributed by atoms with Crippen LogP contribution in [0.1, 0.15) is 5.56 Å². The third-order valence-corrected chi connectivity index (χ3v) is 3.00. The minimum Gasteiger partial charge on any atom is -0.458 e. The van der Waals surface area contributed by atoms with Gasteiger partial charge in [0.1, 0.15) is 10.0 Å². The van der Waals surface area contributed by atoms with Crippen molar-refractivity contribution in [1.82, 2.24) is 0 Å². The van der Waals surface area contributed by atoms with Gasteiger partial charge in [-0.15, -0.1) is 0 Å². The van der Waals surface area contributed by atoms with E-state index in [1.54, 1.807) is 12.1 Å². The zero-order chi connectivity index (χ0) is 9.19. The first-order chi connectivity index (χ1) is 5.56. The number of rotatable bonds is 2. The average Bonchev–Trinajstić information content (AvgIpc) is 2.05. The van der Waals surface area contributed by atoms with Gasteiger partial charge in [0.15, 0.2) is 0 Å². The van der Waals surface area contributed by atoms with Crippen LogP contribution in [0.25, 0.3) is 4.24 Å². The predicted molar refractivity (Wildman–Crippen MR) is 53.3 cm³/mol. The van der Waals surface area contributed by atoms with Gasteiger partial charge >= 0.3 is 29.6 Å². The molecule has 0 aliphatic heterocycles. The fraction of sp³-hybridized carbons (Fsp3) is 0.143. The molecular formula is C7H7ClNNa2O2S. The molecule has 14 heavy (non-hydrogen) atoms. The summed E-state index contributed by atoms with van der Waals surface area (Å²) < 4.78 is 24.8.